The molecule has 0 saturated carbocycles. The number of fused-ring (bicyclic) bond motifs is 1. The van der Waals surface area contributed by atoms with Crippen LogP contribution in [0.15, 0.2) is 36.4 Å². The van der Waals surface area contributed by atoms with Crippen LogP contribution in [0.4, 0.5) is 4.79 Å². The van der Waals surface area contributed by atoms with E-state index in [1.54, 1.807) is 36.4 Å². The summed E-state index contributed by atoms with van der Waals surface area (Å²) in [6.45, 7) is 0.457. The lowest BCUT2D eigenvalue weighted by atomic mass is 9.98. The van der Waals surface area contributed by atoms with E-state index in [1.165, 1.54) is 12.0 Å². The van der Waals surface area contributed by atoms with Crippen LogP contribution in [0, 0.1) is 11.8 Å². The number of amides is 4. The summed E-state index contributed by atoms with van der Waals surface area (Å²) in [4.78, 5) is 39.0. The molecule has 2 aromatic carbocycles. The average molecular weight is 439 g/mol. The lowest BCUT2D eigenvalue weighted by Gasteiger charge is -2.26. The number of carbonyl (C=O) groups is 3. The monoisotopic (exact) mass is 438 g/mol. The largest absolute Gasteiger partial charge is 0.497 e. The topological polar surface area (TPSA) is 114 Å². The molecule has 1 saturated heterocycles. The van der Waals surface area contributed by atoms with Crippen molar-refractivity contribution in [1.82, 2.24) is 15.5 Å². The molecule has 0 spiro atoms. The number of nitrogens with zero attached hydrogens (tertiary/aromatic N) is 1. The molecule has 8 nitrogen and oxygen atoms in total. The minimum atomic E-state index is -1.59. The van der Waals surface area contributed by atoms with Crippen LogP contribution in [-0.4, -0.2) is 41.9 Å². The van der Waals surface area contributed by atoms with Gasteiger partial charge in [-0.25, -0.2) is 4.79 Å². The smallest absolute Gasteiger partial charge is 0.323 e. The first-order chi connectivity index (χ1) is 14.8. The summed E-state index contributed by atoms with van der Waals surface area (Å²) in [5.74, 6) is 5.43. The second-order valence-corrected chi connectivity index (χ2v) is 7.74. The van der Waals surface area contributed by atoms with Crippen LogP contribution >= 0.6 is 11.6 Å². The second kappa shape index (κ2) is 7.95. The van der Waals surface area contributed by atoms with E-state index in [2.05, 4.69) is 22.5 Å². The number of urea groups is 1. The average Bonchev–Trinajstić information content (AvgIpc) is 3.21. The van der Waals surface area contributed by atoms with Gasteiger partial charge in [0, 0.05) is 29.2 Å². The molecule has 4 amide bonds. The first kappa shape index (κ1) is 20.7. The summed E-state index contributed by atoms with van der Waals surface area (Å²) >= 11 is 6.11. The molecular formula is C22H19ClN4O4. The Morgan fingerprint density at radius 1 is 1.23 bits per heavy atom. The molecule has 2 aromatic rings. The third-order valence-corrected chi connectivity index (χ3v) is 5.40. The minimum absolute atomic E-state index is 0.113. The maximum Gasteiger partial charge on any atom is 0.323 e. The zero-order valence-corrected chi connectivity index (χ0v) is 17.4. The quantitative estimate of drug-likeness (QED) is 0.493. The maximum atomic E-state index is 12.9. The maximum absolute atomic E-state index is 12.9. The lowest BCUT2D eigenvalue weighted by Crippen LogP contribution is -2.54. The molecule has 0 aliphatic carbocycles. The van der Waals surface area contributed by atoms with Gasteiger partial charge in [-0.15, -0.1) is 0 Å². The normalized spacial score (nSPS) is 19.5. The zero-order chi connectivity index (χ0) is 22.2. The highest BCUT2D eigenvalue weighted by atomic mass is 35.5. The van der Waals surface area contributed by atoms with Gasteiger partial charge >= 0.3 is 6.03 Å². The summed E-state index contributed by atoms with van der Waals surface area (Å²) in [5, 5.41) is 5.25. The molecule has 0 bridgehead atoms. The Bertz CT molecular complexity index is 1170. The molecule has 0 radical (unpaired) electrons. The van der Waals surface area contributed by atoms with Gasteiger partial charge < -0.3 is 20.7 Å². The van der Waals surface area contributed by atoms with Gasteiger partial charge in [0.2, 0.25) is 5.54 Å². The minimum Gasteiger partial charge on any atom is -0.497 e. The number of nitrogens with two attached hydrogens (primary N) is 1. The number of hydrogen-bond donors (Lipinski definition) is 3. The molecule has 158 valence electrons. The van der Waals surface area contributed by atoms with Crippen LogP contribution < -0.4 is 21.1 Å². The summed E-state index contributed by atoms with van der Waals surface area (Å²) in [7, 11) is 1.52. The first-order valence-corrected chi connectivity index (χ1v) is 9.84. The van der Waals surface area contributed by atoms with Crippen molar-refractivity contribution in [2.24, 2.45) is 5.73 Å². The summed E-state index contributed by atoms with van der Waals surface area (Å²) in [6, 6.07) is 9.68. The van der Waals surface area contributed by atoms with Crippen molar-refractivity contribution >= 4 is 29.4 Å². The van der Waals surface area contributed by atoms with Gasteiger partial charge in [0.25, 0.3) is 11.8 Å². The van der Waals surface area contributed by atoms with E-state index >= 15 is 0 Å². The fraction of sp³-hybridized carbons (Fsp3) is 0.227. The highest BCUT2D eigenvalue weighted by molar-refractivity contribution is 6.30. The summed E-state index contributed by atoms with van der Waals surface area (Å²) in [5.41, 5.74) is 6.71. The molecule has 0 unspecified atom stereocenters. The number of halogens is 1. The number of rotatable bonds is 4. The Morgan fingerprint density at radius 3 is 2.71 bits per heavy atom. The standard InChI is InChI=1S/C22H19ClN4O4/c1-31-17-3-2-15-11-27(19(28)18(15)9-17)12-22(20(29)25-21(30)26-22)5-4-13-6-14(10-24)8-16(23)7-13/h2-3,6-9H,10-12,24H2,1H3,(H2,25,26,29,30)/t22-/m1/s1. The van der Waals surface area contributed by atoms with Crippen molar-refractivity contribution < 1.29 is 19.1 Å². The number of ether oxygens (including phenoxy) is 1. The van der Waals surface area contributed by atoms with E-state index in [0.717, 1.165) is 11.1 Å². The summed E-state index contributed by atoms with van der Waals surface area (Å²) in [6.07, 6.45) is 0. The third-order valence-electron chi connectivity index (χ3n) is 5.18. The van der Waals surface area contributed by atoms with Crippen LogP contribution in [0.2, 0.25) is 5.02 Å². The molecule has 0 aromatic heterocycles. The molecule has 2 aliphatic rings. The predicted octanol–water partition coefficient (Wildman–Crippen LogP) is 1.39. The Morgan fingerprint density at radius 2 is 2.03 bits per heavy atom. The van der Waals surface area contributed by atoms with Gasteiger partial charge in [0.05, 0.1) is 13.7 Å². The van der Waals surface area contributed by atoms with Gasteiger partial charge in [-0.05, 0) is 41.5 Å². The Labute approximate surface area is 183 Å². The Hall–Kier alpha value is -3.54. The molecule has 2 aliphatic heterocycles. The SMILES string of the molecule is COc1ccc2c(c1)C(=O)N(C[C@@]1(C#Cc3cc(Cl)cc(CN)c3)NC(=O)NC1=O)C2. The molecule has 2 heterocycles. The van der Waals surface area contributed by atoms with Crippen LogP contribution in [0.1, 0.15) is 27.0 Å². The Kier molecular flexibility index (Phi) is 5.31. The van der Waals surface area contributed by atoms with Crippen molar-refractivity contribution in [3.8, 4) is 17.6 Å². The van der Waals surface area contributed by atoms with Crippen molar-refractivity contribution in [3.05, 3.63) is 63.7 Å². The van der Waals surface area contributed by atoms with Crippen LogP contribution in [0.3, 0.4) is 0 Å². The molecule has 4 N–H and O–H groups in total. The van der Waals surface area contributed by atoms with E-state index in [0.29, 0.717) is 28.4 Å². The number of benzene rings is 2. The van der Waals surface area contributed by atoms with Crippen LogP contribution in [-0.2, 0) is 17.9 Å². The molecule has 31 heavy (non-hydrogen) atoms. The molecular weight excluding hydrogens is 420 g/mol. The number of hydrogen-bond acceptors (Lipinski definition) is 5. The van der Waals surface area contributed by atoms with E-state index in [1.807, 2.05) is 0 Å². The highest BCUT2D eigenvalue weighted by Crippen LogP contribution is 2.28. The van der Waals surface area contributed by atoms with E-state index in [-0.39, 0.29) is 19.0 Å². The van der Waals surface area contributed by atoms with Crippen LogP contribution in [0.25, 0.3) is 0 Å². The van der Waals surface area contributed by atoms with Crippen molar-refractivity contribution in [2.45, 2.75) is 18.6 Å². The number of nitrogens with one attached hydrogen (secondary N) is 2. The highest BCUT2D eigenvalue weighted by Gasteiger charge is 2.48. The van der Waals surface area contributed by atoms with Gasteiger partial charge in [-0.1, -0.05) is 29.5 Å². The fourth-order valence-electron chi connectivity index (χ4n) is 3.63. The van der Waals surface area contributed by atoms with Crippen LogP contribution in [0.5, 0.6) is 5.75 Å². The fourth-order valence-corrected chi connectivity index (χ4v) is 3.89. The molecule has 4 rings (SSSR count). The predicted molar refractivity (Wildman–Crippen MR) is 113 cm³/mol. The van der Waals surface area contributed by atoms with E-state index in [4.69, 9.17) is 22.1 Å². The number of carbonyl (C=O) groups excluding carboxylic acids is 3. The van der Waals surface area contributed by atoms with Gasteiger partial charge in [-0.3, -0.25) is 14.9 Å². The van der Waals surface area contributed by atoms with Crippen molar-refractivity contribution in [1.29, 1.82) is 0 Å². The molecule has 1 atom stereocenters. The second-order valence-electron chi connectivity index (χ2n) is 7.30. The lowest BCUT2D eigenvalue weighted by molar-refractivity contribution is -0.122. The molecule has 9 heteroatoms. The van der Waals surface area contributed by atoms with E-state index < -0.39 is 17.5 Å². The van der Waals surface area contributed by atoms with Gasteiger partial charge in [0.15, 0.2) is 0 Å². The van der Waals surface area contributed by atoms with Crippen molar-refractivity contribution in [2.75, 3.05) is 13.7 Å². The molecule has 1 fully saturated rings. The number of methoxy groups -OCH3 is 1. The van der Waals surface area contributed by atoms with Gasteiger partial charge in [0.1, 0.15) is 5.75 Å². The van der Waals surface area contributed by atoms with E-state index in [9.17, 15) is 14.4 Å². The Balaban J connectivity index is 1.66. The first-order valence-electron chi connectivity index (χ1n) is 9.46. The zero-order valence-electron chi connectivity index (χ0n) is 16.6. The third kappa shape index (κ3) is 3.93. The number of imide groups is 1. The van der Waals surface area contributed by atoms with Gasteiger partial charge in [-0.2, -0.15) is 0 Å². The summed E-state index contributed by atoms with van der Waals surface area (Å²) < 4.78 is 5.19. The van der Waals surface area contributed by atoms with Crippen molar-refractivity contribution in [3.63, 3.8) is 0 Å².